The monoisotopic (exact) mass is 306 g/mol. The number of amides is 1. The summed E-state index contributed by atoms with van der Waals surface area (Å²) >= 11 is 6.01. The molecule has 0 spiro atoms. The highest BCUT2D eigenvalue weighted by molar-refractivity contribution is 6.32. The molecule has 0 saturated heterocycles. The van der Waals surface area contributed by atoms with Crippen LogP contribution >= 0.6 is 11.6 Å². The highest BCUT2D eigenvalue weighted by Gasteiger charge is 2.10. The van der Waals surface area contributed by atoms with Crippen molar-refractivity contribution in [2.45, 2.75) is 0 Å². The van der Waals surface area contributed by atoms with Crippen molar-refractivity contribution in [3.8, 4) is 11.5 Å². The number of nitrogens with two attached hydrogens (primary N) is 1. The first kappa shape index (κ1) is 15.0. The molecule has 2 rings (SSSR count). The smallest absolute Gasteiger partial charge is 0.255 e. The van der Waals surface area contributed by atoms with E-state index in [9.17, 15) is 4.79 Å². The number of rotatable bonds is 4. The zero-order valence-corrected chi connectivity index (χ0v) is 12.4. The van der Waals surface area contributed by atoms with E-state index in [2.05, 4.69) is 5.32 Å². The summed E-state index contributed by atoms with van der Waals surface area (Å²) in [6.45, 7) is 0. The average Bonchev–Trinajstić information content (AvgIpc) is 2.47. The summed E-state index contributed by atoms with van der Waals surface area (Å²) in [5.41, 5.74) is 7.18. The van der Waals surface area contributed by atoms with Crippen LogP contribution in [0.4, 0.5) is 11.4 Å². The predicted octanol–water partition coefficient (Wildman–Crippen LogP) is 3.19. The number of anilines is 2. The van der Waals surface area contributed by atoms with Crippen molar-refractivity contribution in [3.05, 3.63) is 47.0 Å². The van der Waals surface area contributed by atoms with Crippen molar-refractivity contribution in [1.82, 2.24) is 0 Å². The molecule has 2 aromatic carbocycles. The maximum atomic E-state index is 12.1. The number of halogens is 1. The molecular weight excluding hydrogens is 292 g/mol. The fraction of sp³-hybridized carbons (Fsp3) is 0.133. The van der Waals surface area contributed by atoms with Crippen LogP contribution in [0.25, 0.3) is 0 Å². The van der Waals surface area contributed by atoms with Gasteiger partial charge in [0.1, 0.15) is 11.5 Å². The first-order valence-corrected chi connectivity index (χ1v) is 6.51. The van der Waals surface area contributed by atoms with Gasteiger partial charge >= 0.3 is 0 Å². The van der Waals surface area contributed by atoms with Crippen LogP contribution in [-0.4, -0.2) is 20.1 Å². The number of ether oxygens (including phenoxy) is 2. The van der Waals surface area contributed by atoms with Gasteiger partial charge in [-0.3, -0.25) is 4.79 Å². The van der Waals surface area contributed by atoms with Gasteiger partial charge in [0.2, 0.25) is 0 Å². The lowest BCUT2D eigenvalue weighted by molar-refractivity contribution is 0.102. The van der Waals surface area contributed by atoms with Crippen molar-refractivity contribution in [2.24, 2.45) is 0 Å². The highest BCUT2D eigenvalue weighted by Crippen LogP contribution is 2.28. The summed E-state index contributed by atoms with van der Waals surface area (Å²) in [5, 5.41) is 3.16. The third-order valence-electron chi connectivity index (χ3n) is 2.90. The molecule has 0 atom stereocenters. The summed E-state index contributed by atoms with van der Waals surface area (Å²) in [4.78, 5) is 12.1. The number of hydrogen-bond donors (Lipinski definition) is 2. The van der Waals surface area contributed by atoms with Gasteiger partial charge in [0, 0.05) is 11.3 Å². The summed E-state index contributed by atoms with van der Waals surface area (Å²) in [5.74, 6) is 0.785. The Labute approximate surface area is 127 Å². The number of carbonyl (C=O) groups is 1. The minimum atomic E-state index is -0.286. The van der Waals surface area contributed by atoms with Crippen LogP contribution in [0.15, 0.2) is 36.4 Å². The van der Waals surface area contributed by atoms with Crippen molar-refractivity contribution < 1.29 is 14.3 Å². The van der Waals surface area contributed by atoms with Gasteiger partial charge in [0.25, 0.3) is 5.91 Å². The van der Waals surface area contributed by atoms with E-state index in [4.69, 9.17) is 26.8 Å². The third kappa shape index (κ3) is 3.38. The lowest BCUT2D eigenvalue weighted by Gasteiger charge is -2.09. The second kappa shape index (κ2) is 6.37. The van der Waals surface area contributed by atoms with Crippen molar-refractivity contribution >= 4 is 28.9 Å². The van der Waals surface area contributed by atoms with E-state index in [0.29, 0.717) is 33.5 Å². The van der Waals surface area contributed by atoms with Gasteiger partial charge in [0.05, 0.1) is 24.9 Å². The fourth-order valence-corrected chi connectivity index (χ4v) is 2.08. The SMILES string of the molecule is COc1ccc(C(=O)Nc2ccc(OC)c(Cl)c2)cc1N. The Balaban J connectivity index is 2.18. The van der Waals surface area contributed by atoms with Crippen molar-refractivity contribution in [2.75, 3.05) is 25.3 Å². The lowest BCUT2D eigenvalue weighted by Crippen LogP contribution is -2.12. The molecule has 110 valence electrons. The van der Waals surface area contributed by atoms with Crippen LogP contribution < -0.4 is 20.5 Å². The number of hydrogen-bond acceptors (Lipinski definition) is 4. The molecule has 0 aromatic heterocycles. The summed E-state index contributed by atoms with van der Waals surface area (Å²) in [6, 6.07) is 9.83. The normalized spacial score (nSPS) is 10.0. The fourth-order valence-electron chi connectivity index (χ4n) is 1.82. The molecule has 0 radical (unpaired) electrons. The molecule has 0 heterocycles. The maximum Gasteiger partial charge on any atom is 0.255 e. The minimum absolute atomic E-state index is 0.286. The summed E-state index contributed by atoms with van der Waals surface area (Å²) < 4.78 is 10.1. The van der Waals surface area contributed by atoms with E-state index in [0.717, 1.165) is 0 Å². The van der Waals surface area contributed by atoms with Crippen molar-refractivity contribution in [3.63, 3.8) is 0 Å². The molecule has 0 unspecified atom stereocenters. The van der Waals surface area contributed by atoms with E-state index >= 15 is 0 Å². The molecule has 1 amide bonds. The van der Waals surface area contributed by atoms with Crippen LogP contribution in [0.3, 0.4) is 0 Å². The Bertz CT molecular complexity index is 674. The van der Waals surface area contributed by atoms with Gasteiger partial charge in [-0.05, 0) is 36.4 Å². The van der Waals surface area contributed by atoms with Gasteiger partial charge in [-0.25, -0.2) is 0 Å². The lowest BCUT2D eigenvalue weighted by atomic mass is 10.1. The third-order valence-corrected chi connectivity index (χ3v) is 3.20. The largest absolute Gasteiger partial charge is 0.495 e. The maximum absolute atomic E-state index is 12.1. The minimum Gasteiger partial charge on any atom is -0.495 e. The van der Waals surface area contributed by atoms with E-state index in [1.54, 1.807) is 36.4 Å². The molecule has 3 N–H and O–H groups in total. The van der Waals surface area contributed by atoms with Gasteiger partial charge in [0.15, 0.2) is 0 Å². The topological polar surface area (TPSA) is 73.6 Å². The molecule has 0 aliphatic carbocycles. The molecule has 21 heavy (non-hydrogen) atoms. The summed E-state index contributed by atoms with van der Waals surface area (Å²) in [6.07, 6.45) is 0. The van der Waals surface area contributed by atoms with E-state index in [1.165, 1.54) is 14.2 Å². The predicted molar refractivity (Wildman–Crippen MR) is 83.4 cm³/mol. The number of methoxy groups -OCH3 is 2. The standard InChI is InChI=1S/C15H15ClN2O3/c1-20-13-6-4-10(8-11(13)16)18-15(19)9-3-5-14(21-2)12(17)7-9/h3-8H,17H2,1-2H3,(H,18,19). The Morgan fingerprint density at radius 1 is 1.10 bits per heavy atom. The first-order chi connectivity index (χ1) is 10.0. The van der Waals surface area contributed by atoms with Crippen LogP contribution in [0.2, 0.25) is 5.02 Å². The van der Waals surface area contributed by atoms with Gasteiger partial charge in [-0.2, -0.15) is 0 Å². The zero-order valence-electron chi connectivity index (χ0n) is 11.6. The molecule has 2 aromatic rings. The summed E-state index contributed by atoms with van der Waals surface area (Å²) in [7, 11) is 3.05. The number of nitrogens with one attached hydrogen (secondary N) is 1. The Hall–Kier alpha value is -2.40. The second-order valence-electron chi connectivity index (χ2n) is 4.26. The Morgan fingerprint density at radius 2 is 1.76 bits per heavy atom. The van der Waals surface area contributed by atoms with E-state index in [1.807, 2.05) is 0 Å². The van der Waals surface area contributed by atoms with E-state index < -0.39 is 0 Å². The van der Waals surface area contributed by atoms with Crippen LogP contribution in [-0.2, 0) is 0 Å². The van der Waals surface area contributed by atoms with Gasteiger partial charge in [-0.1, -0.05) is 11.6 Å². The zero-order chi connectivity index (χ0) is 15.4. The molecule has 0 aliphatic heterocycles. The molecule has 0 aliphatic rings. The molecule has 0 bridgehead atoms. The average molecular weight is 307 g/mol. The number of benzene rings is 2. The number of nitrogen functional groups attached to an aromatic ring is 1. The second-order valence-corrected chi connectivity index (χ2v) is 4.67. The molecule has 5 nitrogen and oxygen atoms in total. The molecule has 0 saturated carbocycles. The Kier molecular flexibility index (Phi) is 4.55. The van der Waals surface area contributed by atoms with Crippen LogP contribution in [0.5, 0.6) is 11.5 Å². The van der Waals surface area contributed by atoms with Gasteiger partial charge in [-0.15, -0.1) is 0 Å². The molecular formula is C15H15ClN2O3. The van der Waals surface area contributed by atoms with Gasteiger partial charge < -0.3 is 20.5 Å². The van der Waals surface area contributed by atoms with E-state index in [-0.39, 0.29) is 5.91 Å². The molecule has 0 fully saturated rings. The highest BCUT2D eigenvalue weighted by atomic mass is 35.5. The molecule has 6 heteroatoms. The quantitative estimate of drug-likeness (QED) is 0.851. The van der Waals surface area contributed by atoms with Crippen LogP contribution in [0, 0.1) is 0 Å². The first-order valence-electron chi connectivity index (χ1n) is 6.13. The number of carbonyl (C=O) groups excluding carboxylic acids is 1. The van der Waals surface area contributed by atoms with Crippen LogP contribution in [0.1, 0.15) is 10.4 Å². The Morgan fingerprint density at radius 3 is 2.33 bits per heavy atom. The van der Waals surface area contributed by atoms with Crippen molar-refractivity contribution in [1.29, 1.82) is 0 Å².